The highest BCUT2D eigenvalue weighted by Crippen LogP contribution is 2.09. The molecule has 0 radical (unpaired) electrons. The fraction of sp³-hybridized carbons (Fsp3) is 0.400. The lowest BCUT2D eigenvalue weighted by Crippen LogP contribution is -2.28. The quantitative estimate of drug-likeness (QED) is 0.893. The fourth-order valence-electron chi connectivity index (χ4n) is 1.06. The van der Waals surface area contributed by atoms with Crippen LogP contribution in [-0.4, -0.2) is 33.2 Å². The molecule has 0 saturated carbocycles. The van der Waals surface area contributed by atoms with Gasteiger partial charge >= 0.3 is 0 Å². The lowest BCUT2D eigenvalue weighted by molar-refractivity contribution is 0.0955. The molecular formula is C10H13BrN2O2S. The van der Waals surface area contributed by atoms with E-state index >= 15 is 0 Å². The van der Waals surface area contributed by atoms with E-state index in [1.165, 1.54) is 6.20 Å². The lowest BCUT2D eigenvalue weighted by atomic mass is 10.3. The monoisotopic (exact) mass is 304 g/mol. The van der Waals surface area contributed by atoms with Crippen molar-refractivity contribution in [3.05, 3.63) is 28.5 Å². The Kier molecular flexibility index (Phi) is 5.62. The van der Waals surface area contributed by atoms with Crippen LogP contribution in [0.3, 0.4) is 0 Å². The van der Waals surface area contributed by atoms with E-state index < -0.39 is 10.8 Å². The zero-order valence-corrected chi connectivity index (χ0v) is 11.3. The van der Waals surface area contributed by atoms with Gasteiger partial charge in [-0.05, 0) is 22.0 Å². The number of halogens is 1. The molecule has 1 N–H and O–H groups in total. The van der Waals surface area contributed by atoms with Crippen molar-refractivity contribution in [3.63, 3.8) is 0 Å². The molecule has 1 amide bonds. The highest BCUT2D eigenvalue weighted by molar-refractivity contribution is 9.10. The van der Waals surface area contributed by atoms with Crippen molar-refractivity contribution in [2.75, 3.05) is 18.1 Å². The largest absolute Gasteiger partial charge is 0.351 e. The first-order valence-electron chi connectivity index (χ1n) is 4.87. The van der Waals surface area contributed by atoms with Crippen LogP contribution in [0.15, 0.2) is 22.9 Å². The number of aromatic nitrogens is 1. The molecular weight excluding hydrogens is 292 g/mol. The van der Waals surface area contributed by atoms with Gasteiger partial charge in [0.1, 0.15) is 0 Å². The SMILES string of the molecule is CCS(=O)CCNC(=O)c1cncc(Br)c1. The van der Waals surface area contributed by atoms with Gasteiger partial charge in [-0.3, -0.25) is 14.0 Å². The molecule has 0 aliphatic heterocycles. The van der Waals surface area contributed by atoms with E-state index in [-0.39, 0.29) is 5.91 Å². The van der Waals surface area contributed by atoms with Crippen LogP contribution in [0.5, 0.6) is 0 Å². The van der Waals surface area contributed by atoms with Gasteiger partial charge in [0.25, 0.3) is 5.91 Å². The van der Waals surface area contributed by atoms with Crippen LogP contribution in [0.2, 0.25) is 0 Å². The minimum Gasteiger partial charge on any atom is -0.351 e. The number of hydrogen-bond donors (Lipinski definition) is 1. The second-order valence-corrected chi connectivity index (χ2v) is 5.86. The summed E-state index contributed by atoms with van der Waals surface area (Å²) in [6.07, 6.45) is 3.11. The van der Waals surface area contributed by atoms with E-state index in [9.17, 15) is 9.00 Å². The van der Waals surface area contributed by atoms with Gasteiger partial charge < -0.3 is 5.32 Å². The molecule has 0 aliphatic rings. The van der Waals surface area contributed by atoms with Crippen LogP contribution in [0.25, 0.3) is 0 Å². The number of nitrogens with zero attached hydrogens (tertiary/aromatic N) is 1. The van der Waals surface area contributed by atoms with Crippen LogP contribution >= 0.6 is 15.9 Å². The summed E-state index contributed by atoms with van der Waals surface area (Å²) >= 11 is 3.24. The number of nitrogens with one attached hydrogen (secondary N) is 1. The summed E-state index contributed by atoms with van der Waals surface area (Å²) in [5, 5.41) is 2.70. The Hall–Kier alpha value is -0.750. The minimum atomic E-state index is -0.844. The summed E-state index contributed by atoms with van der Waals surface area (Å²) in [5.41, 5.74) is 0.497. The number of amides is 1. The third-order valence-corrected chi connectivity index (χ3v) is 3.64. The molecule has 1 atom stereocenters. The smallest absolute Gasteiger partial charge is 0.252 e. The zero-order valence-electron chi connectivity index (χ0n) is 8.90. The van der Waals surface area contributed by atoms with Crippen molar-refractivity contribution in [2.24, 2.45) is 0 Å². The van der Waals surface area contributed by atoms with Gasteiger partial charge in [0.05, 0.1) is 5.56 Å². The Bertz CT molecular complexity index is 398. The molecule has 0 fully saturated rings. The normalized spacial score (nSPS) is 12.1. The summed E-state index contributed by atoms with van der Waals surface area (Å²) in [6.45, 7) is 2.28. The van der Waals surface area contributed by atoms with Crippen LogP contribution < -0.4 is 5.32 Å². The Morgan fingerprint density at radius 3 is 2.94 bits per heavy atom. The zero-order chi connectivity index (χ0) is 12.0. The molecule has 1 unspecified atom stereocenters. The maximum Gasteiger partial charge on any atom is 0.252 e. The number of carbonyl (C=O) groups is 1. The first kappa shape index (κ1) is 13.3. The van der Waals surface area contributed by atoms with E-state index in [1.54, 1.807) is 12.3 Å². The predicted octanol–water partition coefficient (Wildman–Crippen LogP) is 1.34. The molecule has 0 aliphatic carbocycles. The highest BCUT2D eigenvalue weighted by atomic mass is 79.9. The standard InChI is InChI=1S/C10H13BrN2O2S/c1-2-16(15)4-3-13-10(14)8-5-9(11)7-12-6-8/h5-7H,2-4H2,1H3,(H,13,14). The summed E-state index contributed by atoms with van der Waals surface area (Å²) in [5.74, 6) is 0.916. The van der Waals surface area contributed by atoms with Gasteiger partial charge in [-0.25, -0.2) is 0 Å². The first-order valence-corrected chi connectivity index (χ1v) is 7.15. The third kappa shape index (κ3) is 4.40. The van der Waals surface area contributed by atoms with E-state index in [0.29, 0.717) is 23.6 Å². The second kappa shape index (κ2) is 6.75. The molecule has 1 rings (SSSR count). The second-order valence-electron chi connectivity index (χ2n) is 3.08. The Balaban J connectivity index is 2.44. The predicted molar refractivity (Wildman–Crippen MR) is 67.8 cm³/mol. The maximum absolute atomic E-state index is 11.6. The molecule has 1 aromatic heterocycles. The number of hydrogen-bond acceptors (Lipinski definition) is 3. The summed E-state index contributed by atoms with van der Waals surface area (Å²) in [7, 11) is -0.844. The Labute approximate surface area is 105 Å². The molecule has 6 heteroatoms. The van der Waals surface area contributed by atoms with Crippen molar-refractivity contribution in [2.45, 2.75) is 6.92 Å². The van der Waals surface area contributed by atoms with Gasteiger partial charge in [-0.2, -0.15) is 0 Å². The topological polar surface area (TPSA) is 59.1 Å². The number of carbonyl (C=O) groups excluding carboxylic acids is 1. The highest BCUT2D eigenvalue weighted by Gasteiger charge is 2.06. The lowest BCUT2D eigenvalue weighted by Gasteiger charge is -2.04. The van der Waals surface area contributed by atoms with Gasteiger partial charge in [-0.15, -0.1) is 0 Å². The molecule has 16 heavy (non-hydrogen) atoms. The van der Waals surface area contributed by atoms with Crippen molar-refractivity contribution < 1.29 is 9.00 Å². The van der Waals surface area contributed by atoms with Crippen molar-refractivity contribution in [1.29, 1.82) is 0 Å². The third-order valence-electron chi connectivity index (χ3n) is 1.90. The minimum absolute atomic E-state index is 0.193. The first-order chi connectivity index (χ1) is 7.63. The van der Waals surface area contributed by atoms with Crippen molar-refractivity contribution in [3.8, 4) is 0 Å². The van der Waals surface area contributed by atoms with Crippen LogP contribution in [0.1, 0.15) is 17.3 Å². The van der Waals surface area contributed by atoms with Gasteiger partial charge in [0.15, 0.2) is 0 Å². The molecule has 0 aromatic carbocycles. The molecule has 1 heterocycles. The number of rotatable bonds is 5. The van der Waals surface area contributed by atoms with E-state index in [2.05, 4.69) is 26.2 Å². The molecule has 4 nitrogen and oxygen atoms in total. The van der Waals surface area contributed by atoms with Crippen LogP contribution in [0.4, 0.5) is 0 Å². The Morgan fingerprint density at radius 1 is 1.56 bits per heavy atom. The van der Waals surface area contributed by atoms with Gasteiger partial charge in [0.2, 0.25) is 0 Å². The van der Waals surface area contributed by atoms with Crippen molar-refractivity contribution >= 4 is 32.6 Å². The average molecular weight is 305 g/mol. The fourth-order valence-corrected chi connectivity index (χ4v) is 2.04. The summed E-state index contributed by atoms with van der Waals surface area (Å²) in [6, 6.07) is 1.69. The average Bonchev–Trinajstić information content (AvgIpc) is 2.28. The molecule has 88 valence electrons. The van der Waals surface area contributed by atoms with Crippen LogP contribution in [0, 0.1) is 0 Å². The maximum atomic E-state index is 11.6. The van der Waals surface area contributed by atoms with E-state index in [4.69, 9.17) is 0 Å². The molecule has 0 bridgehead atoms. The van der Waals surface area contributed by atoms with Gasteiger partial charge in [-0.1, -0.05) is 6.92 Å². The Morgan fingerprint density at radius 2 is 2.31 bits per heavy atom. The summed E-state index contributed by atoms with van der Waals surface area (Å²) < 4.78 is 11.9. The van der Waals surface area contributed by atoms with E-state index in [1.807, 2.05) is 6.92 Å². The molecule has 0 saturated heterocycles. The molecule has 0 spiro atoms. The van der Waals surface area contributed by atoms with Gasteiger partial charge in [0, 0.05) is 45.7 Å². The van der Waals surface area contributed by atoms with Crippen molar-refractivity contribution in [1.82, 2.24) is 10.3 Å². The summed E-state index contributed by atoms with van der Waals surface area (Å²) in [4.78, 5) is 15.5. The number of pyridine rings is 1. The van der Waals surface area contributed by atoms with Crippen LogP contribution in [-0.2, 0) is 10.8 Å². The molecule has 1 aromatic rings. The van der Waals surface area contributed by atoms with E-state index in [0.717, 1.165) is 4.47 Å².